The minimum absolute atomic E-state index is 0.838. The van der Waals surface area contributed by atoms with Crippen LogP contribution in [0.25, 0.3) is 5.52 Å². The molecular formula is C12H17N4+. The van der Waals surface area contributed by atoms with Crippen LogP contribution in [0.4, 0.5) is 11.5 Å². The monoisotopic (exact) mass is 217 g/mol. The van der Waals surface area contributed by atoms with Crippen molar-refractivity contribution in [1.29, 1.82) is 0 Å². The van der Waals surface area contributed by atoms with E-state index in [2.05, 4.69) is 12.1 Å². The summed E-state index contributed by atoms with van der Waals surface area (Å²) in [6.07, 6.45) is 4.49. The Hall–Kier alpha value is -1.55. The first-order valence-corrected chi connectivity index (χ1v) is 5.79. The molecule has 0 amide bonds. The van der Waals surface area contributed by atoms with Crippen molar-refractivity contribution >= 4 is 17.0 Å². The second-order valence-corrected chi connectivity index (χ2v) is 4.82. The van der Waals surface area contributed by atoms with Gasteiger partial charge in [0.15, 0.2) is 0 Å². The van der Waals surface area contributed by atoms with E-state index in [-0.39, 0.29) is 0 Å². The highest BCUT2D eigenvalue weighted by Gasteiger charge is 2.34. The second-order valence-electron chi connectivity index (χ2n) is 4.82. The maximum Gasteiger partial charge on any atom is 0.270 e. The molecule has 1 aliphatic rings. The highest BCUT2D eigenvalue weighted by Crippen LogP contribution is 2.33. The molecule has 0 spiro atoms. The lowest BCUT2D eigenvalue weighted by Gasteiger charge is -2.25. The fraction of sp³-hybridized carbons (Fsp3) is 0.417. The molecule has 0 saturated carbocycles. The minimum Gasteiger partial charge on any atom is -0.391 e. The van der Waals surface area contributed by atoms with Gasteiger partial charge in [-0.15, -0.1) is 5.10 Å². The standard InChI is InChI=1S/C12H17N4/c1-16(8-4-5-9-16)12-11(13)10-6-2-3-7-15(10)14-12/h2-3,6-7H,4-5,8-9,13H2,1H3/q+1. The average molecular weight is 217 g/mol. The molecule has 1 fully saturated rings. The first kappa shape index (κ1) is 9.66. The van der Waals surface area contributed by atoms with Crippen molar-refractivity contribution in [3.63, 3.8) is 0 Å². The van der Waals surface area contributed by atoms with Crippen LogP contribution in [-0.4, -0.2) is 29.8 Å². The average Bonchev–Trinajstić information content (AvgIpc) is 2.86. The SMILES string of the molecule is C[N+]1(c2nn3ccccc3c2N)CCCC1. The number of nitrogen functional groups attached to an aromatic ring is 1. The van der Waals surface area contributed by atoms with Crippen LogP contribution in [0.1, 0.15) is 12.8 Å². The van der Waals surface area contributed by atoms with Crippen molar-refractivity contribution in [2.45, 2.75) is 12.8 Å². The Bertz CT molecular complexity index is 523. The van der Waals surface area contributed by atoms with E-state index in [9.17, 15) is 0 Å². The van der Waals surface area contributed by atoms with Crippen molar-refractivity contribution in [2.24, 2.45) is 0 Å². The molecule has 2 aromatic rings. The number of pyridine rings is 1. The summed E-state index contributed by atoms with van der Waals surface area (Å²) in [6.45, 7) is 2.29. The third-order valence-electron chi connectivity index (χ3n) is 3.62. The second kappa shape index (κ2) is 3.22. The first-order valence-electron chi connectivity index (χ1n) is 5.79. The lowest BCUT2D eigenvalue weighted by molar-refractivity contribution is 0.395. The van der Waals surface area contributed by atoms with Gasteiger partial charge in [-0.05, 0) is 12.1 Å². The zero-order chi connectivity index (χ0) is 11.2. The van der Waals surface area contributed by atoms with Gasteiger partial charge >= 0.3 is 0 Å². The highest BCUT2D eigenvalue weighted by molar-refractivity contribution is 5.80. The molecule has 4 nitrogen and oxygen atoms in total. The Morgan fingerprint density at radius 3 is 2.75 bits per heavy atom. The summed E-state index contributed by atoms with van der Waals surface area (Å²) in [4.78, 5) is 0. The number of anilines is 1. The number of nitrogens with two attached hydrogens (primary N) is 1. The Kier molecular flexibility index (Phi) is 1.94. The van der Waals surface area contributed by atoms with Gasteiger partial charge in [-0.2, -0.15) is 0 Å². The Labute approximate surface area is 94.9 Å². The number of quaternary nitrogens is 1. The van der Waals surface area contributed by atoms with E-state index >= 15 is 0 Å². The first-order chi connectivity index (χ1) is 7.71. The predicted octanol–water partition coefficient (Wildman–Crippen LogP) is 1.65. The molecule has 3 heterocycles. The zero-order valence-electron chi connectivity index (χ0n) is 9.56. The van der Waals surface area contributed by atoms with E-state index in [1.807, 2.05) is 28.9 Å². The van der Waals surface area contributed by atoms with E-state index in [0.717, 1.165) is 34.6 Å². The molecule has 3 rings (SSSR count). The summed E-state index contributed by atoms with van der Waals surface area (Å²) < 4.78 is 2.76. The number of hydrogen-bond donors (Lipinski definition) is 1. The van der Waals surface area contributed by atoms with E-state index in [1.165, 1.54) is 12.8 Å². The lowest BCUT2D eigenvalue weighted by atomic mass is 10.3. The number of fused-ring (bicyclic) bond motifs is 1. The summed E-state index contributed by atoms with van der Waals surface area (Å²) in [5.74, 6) is 1.03. The smallest absolute Gasteiger partial charge is 0.270 e. The number of rotatable bonds is 1. The number of aromatic nitrogens is 2. The molecule has 2 N–H and O–H groups in total. The maximum absolute atomic E-state index is 6.21. The lowest BCUT2D eigenvalue weighted by Crippen LogP contribution is -2.42. The van der Waals surface area contributed by atoms with Crippen molar-refractivity contribution in [2.75, 3.05) is 25.9 Å². The van der Waals surface area contributed by atoms with E-state index in [4.69, 9.17) is 5.73 Å². The molecule has 0 bridgehead atoms. The Morgan fingerprint density at radius 2 is 2.06 bits per heavy atom. The molecule has 0 unspecified atom stereocenters. The van der Waals surface area contributed by atoms with Gasteiger partial charge in [-0.25, -0.2) is 4.52 Å². The highest BCUT2D eigenvalue weighted by atomic mass is 15.4. The van der Waals surface area contributed by atoms with Crippen LogP contribution in [0, 0.1) is 0 Å². The van der Waals surface area contributed by atoms with Gasteiger partial charge in [0.25, 0.3) is 5.82 Å². The molecule has 16 heavy (non-hydrogen) atoms. The molecular weight excluding hydrogens is 200 g/mol. The number of nitrogens with zero attached hydrogens (tertiary/aromatic N) is 3. The van der Waals surface area contributed by atoms with Gasteiger partial charge in [-0.1, -0.05) is 6.07 Å². The molecule has 1 saturated heterocycles. The normalized spacial score (nSPS) is 19.3. The fourth-order valence-electron chi connectivity index (χ4n) is 2.65. The van der Waals surface area contributed by atoms with E-state index < -0.39 is 0 Å². The molecule has 4 heteroatoms. The molecule has 84 valence electrons. The Balaban J connectivity index is 2.20. The van der Waals surface area contributed by atoms with Crippen LogP contribution in [0.5, 0.6) is 0 Å². The van der Waals surface area contributed by atoms with Crippen molar-refractivity contribution < 1.29 is 0 Å². The van der Waals surface area contributed by atoms with Gasteiger partial charge in [0, 0.05) is 19.0 Å². The van der Waals surface area contributed by atoms with Crippen LogP contribution in [0.15, 0.2) is 24.4 Å². The molecule has 1 aliphatic heterocycles. The Morgan fingerprint density at radius 1 is 1.31 bits per heavy atom. The number of likely N-dealkylation sites (tertiary alicyclic amines) is 1. The number of hydrogen-bond acceptors (Lipinski definition) is 2. The third kappa shape index (κ3) is 1.23. The fourth-order valence-corrected chi connectivity index (χ4v) is 2.65. The van der Waals surface area contributed by atoms with Crippen LogP contribution >= 0.6 is 0 Å². The molecule has 0 aliphatic carbocycles. The zero-order valence-corrected chi connectivity index (χ0v) is 9.56. The summed E-state index contributed by atoms with van der Waals surface area (Å²) in [5.41, 5.74) is 8.06. The summed E-state index contributed by atoms with van der Waals surface area (Å²) in [5, 5.41) is 4.63. The molecule has 0 aromatic carbocycles. The summed E-state index contributed by atoms with van der Waals surface area (Å²) in [7, 11) is 2.23. The van der Waals surface area contributed by atoms with E-state index in [1.54, 1.807) is 0 Å². The topological polar surface area (TPSA) is 43.3 Å². The largest absolute Gasteiger partial charge is 0.391 e. The van der Waals surface area contributed by atoms with Crippen LogP contribution in [0.3, 0.4) is 0 Å². The third-order valence-corrected chi connectivity index (χ3v) is 3.62. The van der Waals surface area contributed by atoms with Crippen molar-refractivity contribution in [3.8, 4) is 0 Å². The van der Waals surface area contributed by atoms with Gasteiger partial charge in [0.1, 0.15) is 5.69 Å². The van der Waals surface area contributed by atoms with Gasteiger partial charge in [0.2, 0.25) is 0 Å². The van der Waals surface area contributed by atoms with Gasteiger partial charge in [-0.3, -0.25) is 4.48 Å². The van der Waals surface area contributed by atoms with Crippen LogP contribution in [0.2, 0.25) is 0 Å². The van der Waals surface area contributed by atoms with Gasteiger partial charge in [0.05, 0.1) is 25.7 Å². The predicted molar refractivity (Wildman–Crippen MR) is 66.3 cm³/mol. The summed E-state index contributed by atoms with van der Waals surface area (Å²) >= 11 is 0. The van der Waals surface area contributed by atoms with Crippen molar-refractivity contribution in [1.82, 2.24) is 14.1 Å². The maximum atomic E-state index is 6.21. The quantitative estimate of drug-likeness (QED) is 0.738. The van der Waals surface area contributed by atoms with Crippen LogP contribution in [-0.2, 0) is 0 Å². The minimum atomic E-state index is 0.838. The summed E-state index contributed by atoms with van der Waals surface area (Å²) in [6, 6.07) is 6.00. The van der Waals surface area contributed by atoms with Crippen molar-refractivity contribution in [3.05, 3.63) is 24.4 Å². The van der Waals surface area contributed by atoms with Crippen LogP contribution < -0.4 is 10.2 Å². The molecule has 2 aromatic heterocycles. The van der Waals surface area contributed by atoms with E-state index in [0.29, 0.717) is 0 Å². The molecule has 0 radical (unpaired) electrons. The van der Waals surface area contributed by atoms with Gasteiger partial charge < -0.3 is 5.73 Å². The molecule has 0 atom stereocenters.